The molecule has 0 fully saturated rings. The van der Waals surface area contributed by atoms with Crippen LogP contribution in [0.25, 0.3) is 49.4 Å². The predicted molar refractivity (Wildman–Crippen MR) is 202 cm³/mol. The van der Waals surface area contributed by atoms with E-state index in [-0.39, 0.29) is 0 Å². The number of hydrogen-bond acceptors (Lipinski definition) is 1. The fourth-order valence-corrected chi connectivity index (χ4v) is 8.29. The van der Waals surface area contributed by atoms with Gasteiger partial charge in [-0.05, 0) is 63.9 Å². The van der Waals surface area contributed by atoms with Crippen LogP contribution in [-0.2, 0) is 5.41 Å². The Morgan fingerprint density at radius 2 is 1.08 bits per heavy atom. The highest BCUT2D eigenvalue weighted by Gasteiger charge is 2.45. The van der Waals surface area contributed by atoms with Crippen LogP contribution in [0, 0.1) is 0 Å². The van der Waals surface area contributed by atoms with Crippen molar-refractivity contribution in [2.75, 3.05) is 0 Å². The van der Waals surface area contributed by atoms with Gasteiger partial charge < -0.3 is 9.30 Å². The summed E-state index contributed by atoms with van der Waals surface area (Å²) < 4.78 is 9.18. The van der Waals surface area contributed by atoms with Gasteiger partial charge in [0.1, 0.15) is 11.5 Å². The molecule has 0 unspecified atom stereocenters. The molecule has 2 nitrogen and oxygen atoms in total. The van der Waals surface area contributed by atoms with Gasteiger partial charge in [0.15, 0.2) is 0 Å². The second kappa shape index (κ2) is 10.8. The minimum atomic E-state index is -0.584. The van der Waals surface area contributed by atoms with E-state index in [9.17, 15) is 0 Å². The van der Waals surface area contributed by atoms with Crippen molar-refractivity contribution in [3.05, 3.63) is 210 Å². The van der Waals surface area contributed by atoms with Crippen LogP contribution in [0.15, 0.2) is 188 Å². The number of aromatic nitrogens is 1. The molecule has 1 aliphatic heterocycles. The van der Waals surface area contributed by atoms with Gasteiger partial charge in [-0.3, -0.25) is 0 Å². The molecule has 230 valence electrons. The largest absolute Gasteiger partial charge is 0.457 e. The predicted octanol–water partition coefficient (Wildman–Crippen LogP) is 12.1. The van der Waals surface area contributed by atoms with Crippen molar-refractivity contribution in [3.63, 3.8) is 0 Å². The number of para-hydroxylation sites is 3. The summed E-state index contributed by atoms with van der Waals surface area (Å²) in [4.78, 5) is 0. The summed E-state index contributed by atoms with van der Waals surface area (Å²) >= 11 is 0. The Morgan fingerprint density at radius 3 is 1.86 bits per heavy atom. The molecule has 0 atom stereocenters. The number of ether oxygens (including phenoxy) is 1. The zero-order valence-corrected chi connectivity index (χ0v) is 26.8. The van der Waals surface area contributed by atoms with Gasteiger partial charge >= 0.3 is 0 Å². The zero-order valence-electron chi connectivity index (χ0n) is 26.8. The third-order valence-electron chi connectivity index (χ3n) is 10.3. The normalized spacial score (nSPS) is 13.2. The standard InChI is InChI=1S/C47H31NO/c1-4-16-34(17-5-1)47(35-18-6-2-7-19-35)40-25-12-13-26-43(40)49-44-30-28-33(31-41(44)47)38-23-14-24-39-45-37-22-11-10-15-32(37)27-29-42(45)48(46(38)39)36-20-8-3-9-21-36/h1-31H. The van der Waals surface area contributed by atoms with E-state index in [1.54, 1.807) is 0 Å². The summed E-state index contributed by atoms with van der Waals surface area (Å²) in [6.45, 7) is 0. The van der Waals surface area contributed by atoms with Crippen LogP contribution >= 0.6 is 0 Å². The fraction of sp³-hybridized carbons (Fsp3) is 0.0213. The first-order valence-electron chi connectivity index (χ1n) is 16.9. The molecule has 49 heavy (non-hydrogen) atoms. The molecule has 0 radical (unpaired) electrons. The zero-order chi connectivity index (χ0) is 32.4. The number of nitrogens with zero attached hydrogens (tertiary/aromatic N) is 1. The lowest BCUT2D eigenvalue weighted by atomic mass is 9.63. The SMILES string of the molecule is c1ccc(-n2c3ccc4ccccc4c3c3cccc(-c4ccc5c(c4)C(c4ccccc4)(c4ccccc4)c4ccccc4O5)c32)cc1. The first-order valence-corrected chi connectivity index (χ1v) is 16.9. The monoisotopic (exact) mass is 625 g/mol. The van der Waals surface area contributed by atoms with Crippen LogP contribution in [0.1, 0.15) is 22.3 Å². The van der Waals surface area contributed by atoms with Gasteiger partial charge in [-0.1, -0.05) is 152 Å². The van der Waals surface area contributed by atoms with Gasteiger partial charge in [0.2, 0.25) is 0 Å². The average Bonchev–Trinajstić information content (AvgIpc) is 3.53. The maximum absolute atomic E-state index is 6.74. The molecule has 8 aromatic carbocycles. The van der Waals surface area contributed by atoms with Crippen LogP contribution < -0.4 is 4.74 Å². The molecule has 0 bridgehead atoms. The van der Waals surface area contributed by atoms with Crippen LogP contribution in [0.2, 0.25) is 0 Å². The molecule has 2 heteroatoms. The van der Waals surface area contributed by atoms with E-state index >= 15 is 0 Å². The Morgan fingerprint density at radius 1 is 0.449 bits per heavy atom. The fourth-order valence-electron chi connectivity index (χ4n) is 8.29. The Labute approximate surface area is 285 Å². The quantitative estimate of drug-likeness (QED) is 0.190. The van der Waals surface area contributed by atoms with E-state index in [2.05, 4.69) is 193 Å². The van der Waals surface area contributed by atoms with E-state index in [0.29, 0.717) is 0 Å². The van der Waals surface area contributed by atoms with E-state index in [1.807, 2.05) is 0 Å². The lowest BCUT2D eigenvalue weighted by molar-refractivity contribution is 0.434. The minimum absolute atomic E-state index is 0.584. The van der Waals surface area contributed by atoms with Gasteiger partial charge in [0.05, 0.1) is 16.4 Å². The summed E-state index contributed by atoms with van der Waals surface area (Å²) in [6, 6.07) is 67.8. The molecule has 1 aliphatic rings. The molecular weight excluding hydrogens is 595 g/mol. The van der Waals surface area contributed by atoms with E-state index in [0.717, 1.165) is 33.9 Å². The van der Waals surface area contributed by atoms with Gasteiger partial charge in [-0.15, -0.1) is 0 Å². The lowest BCUT2D eigenvalue weighted by Crippen LogP contribution is -2.34. The minimum Gasteiger partial charge on any atom is -0.457 e. The number of fused-ring (bicyclic) bond motifs is 7. The molecule has 0 aliphatic carbocycles. The Kier molecular flexibility index (Phi) is 6.13. The summed E-state index contributed by atoms with van der Waals surface area (Å²) in [5.41, 5.74) is 9.96. The van der Waals surface area contributed by atoms with Gasteiger partial charge in [-0.2, -0.15) is 0 Å². The Balaban J connectivity index is 1.32. The van der Waals surface area contributed by atoms with E-state index in [1.165, 1.54) is 49.3 Å². The Bertz CT molecular complexity index is 2630. The molecule has 0 amide bonds. The van der Waals surface area contributed by atoms with Crippen LogP contribution in [0.4, 0.5) is 0 Å². The highest BCUT2D eigenvalue weighted by molar-refractivity contribution is 6.23. The highest BCUT2D eigenvalue weighted by Crippen LogP contribution is 2.56. The number of hydrogen-bond donors (Lipinski definition) is 0. The van der Waals surface area contributed by atoms with Crippen LogP contribution in [0.3, 0.4) is 0 Å². The molecule has 0 spiro atoms. The summed E-state index contributed by atoms with van der Waals surface area (Å²) in [7, 11) is 0. The topological polar surface area (TPSA) is 14.2 Å². The van der Waals surface area contributed by atoms with Crippen LogP contribution in [0.5, 0.6) is 11.5 Å². The molecule has 9 aromatic rings. The second-order valence-electron chi connectivity index (χ2n) is 12.8. The van der Waals surface area contributed by atoms with E-state index < -0.39 is 5.41 Å². The smallest absolute Gasteiger partial charge is 0.132 e. The Hall–Kier alpha value is -6.38. The maximum atomic E-state index is 6.74. The number of rotatable bonds is 4. The van der Waals surface area contributed by atoms with Gasteiger partial charge in [0, 0.05) is 33.2 Å². The first-order chi connectivity index (χ1) is 24.3. The second-order valence-corrected chi connectivity index (χ2v) is 12.8. The first kappa shape index (κ1) is 27.7. The molecule has 0 saturated carbocycles. The van der Waals surface area contributed by atoms with Gasteiger partial charge in [-0.25, -0.2) is 0 Å². The lowest BCUT2D eigenvalue weighted by Gasteiger charge is -2.41. The van der Waals surface area contributed by atoms with Gasteiger partial charge in [0.25, 0.3) is 0 Å². The van der Waals surface area contributed by atoms with E-state index in [4.69, 9.17) is 4.74 Å². The average molecular weight is 626 g/mol. The van der Waals surface area contributed by atoms with Crippen molar-refractivity contribution in [3.8, 4) is 28.3 Å². The summed E-state index contributed by atoms with van der Waals surface area (Å²) in [6.07, 6.45) is 0. The molecule has 0 saturated heterocycles. The van der Waals surface area contributed by atoms with Crippen molar-refractivity contribution in [1.82, 2.24) is 4.57 Å². The third kappa shape index (κ3) is 4.01. The summed E-state index contributed by atoms with van der Waals surface area (Å²) in [5, 5.41) is 5.02. The molecule has 1 aromatic heterocycles. The van der Waals surface area contributed by atoms with Crippen molar-refractivity contribution in [2.24, 2.45) is 0 Å². The van der Waals surface area contributed by atoms with Crippen molar-refractivity contribution >= 4 is 32.6 Å². The highest BCUT2D eigenvalue weighted by atomic mass is 16.5. The van der Waals surface area contributed by atoms with Crippen molar-refractivity contribution < 1.29 is 4.74 Å². The molecule has 2 heterocycles. The van der Waals surface area contributed by atoms with Crippen molar-refractivity contribution in [2.45, 2.75) is 5.41 Å². The maximum Gasteiger partial charge on any atom is 0.132 e. The molecule has 10 rings (SSSR count). The van der Waals surface area contributed by atoms with Crippen LogP contribution in [-0.4, -0.2) is 4.57 Å². The van der Waals surface area contributed by atoms with Crippen molar-refractivity contribution in [1.29, 1.82) is 0 Å². The third-order valence-corrected chi connectivity index (χ3v) is 10.3. The number of benzene rings is 8. The molecule has 0 N–H and O–H groups in total. The summed E-state index contributed by atoms with van der Waals surface area (Å²) in [5.74, 6) is 1.76. The molecular formula is C47H31NO.